The highest BCUT2D eigenvalue weighted by Crippen LogP contribution is 2.75. The van der Waals surface area contributed by atoms with Crippen LogP contribution in [-0.4, -0.2) is 84.3 Å². The van der Waals surface area contributed by atoms with Gasteiger partial charge >= 0.3 is 6.09 Å². The van der Waals surface area contributed by atoms with Crippen molar-refractivity contribution >= 4 is 40.4 Å². The van der Waals surface area contributed by atoms with E-state index in [-0.39, 0.29) is 34.1 Å². The number of nitrogens with zero attached hydrogens (tertiary/aromatic N) is 7. The third-order valence-electron chi connectivity index (χ3n) is 11.9. The van der Waals surface area contributed by atoms with Crippen LogP contribution in [0.3, 0.4) is 0 Å². The van der Waals surface area contributed by atoms with Crippen molar-refractivity contribution < 1.29 is 18.8 Å². The van der Waals surface area contributed by atoms with Gasteiger partial charge in [0.15, 0.2) is 17.2 Å². The highest BCUT2D eigenvalue weighted by molar-refractivity contribution is 5.89. The Hall–Kier alpha value is -5.29. The second kappa shape index (κ2) is 11.4. The number of anilines is 2. The minimum atomic E-state index is -0.584. The number of pyridine rings is 2. The molecule has 1 aromatic carbocycles. The largest absolute Gasteiger partial charge is 0.523 e. The number of quaternary nitrogens is 1. The number of amides is 2. The number of hydrogen-bond donors (Lipinski definition) is 1. The minimum absolute atomic E-state index is 0.0153. The Kier molecular flexibility index (Phi) is 7.12. The van der Waals surface area contributed by atoms with Crippen LogP contribution in [0.1, 0.15) is 59.8 Å². The summed E-state index contributed by atoms with van der Waals surface area (Å²) in [7, 11) is 1.90. The summed E-state index contributed by atoms with van der Waals surface area (Å²) in [4.78, 5) is 45.1. The molecule has 5 aliphatic rings. The van der Waals surface area contributed by atoms with E-state index < -0.39 is 5.60 Å². The number of fused-ring (bicyclic) bond motifs is 4. The summed E-state index contributed by atoms with van der Waals surface area (Å²) in [5, 5.41) is 0. The van der Waals surface area contributed by atoms with Crippen LogP contribution in [0.5, 0.6) is 0 Å². The fraction of sp³-hybridized carbons (Fsp3) is 0.390. The standard InChI is InChI=1S/C41H45N8O3/c1-25(50)46(5)29-12-8-21-47(24-29)27-11-6-10-26(22-27)32-16-17-33-38(44-32)48(37(45-33)30-13-7-20-43-36(30)42)28-14-15-31-35-34(23-28)49(35,41(31)18-9-19-41)39(51)52-40(2,3)4/h6-7,10-11,13-17,20,22-23,29,35H,8-9,12,18-19,21,24H2,1-5H3,(H2,42,43)/q+1. The topological polar surface area (TPSA) is 119 Å². The molecule has 266 valence electrons. The normalized spacial score (nSPS) is 24.1. The van der Waals surface area contributed by atoms with Gasteiger partial charge in [0.05, 0.1) is 22.5 Å². The van der Waals surface area contributed by atoms with Crippen LogP contribution < -0.4 is 10.6 Å². The van der Waals surface area contributed by atoms with E-state index in [2.05, 4.69) is 56.9 Å². The summed E-state index contributed by atoms with van der Waals surface area (Å²) in [5.41, 5.74) is 14.0. The summed E-state index contributed by atoms with van der Waals surface area (Å²) < 4.78 is 8.42. The highest BCUT2D eigenvalue weighted by Gasteiger charge is 2.92. The number of allylic oxidation sites excluding steroid dienone is 4. The number of imidazole rings is 1. The summed E-state index contributed by atoms with van der Waals surface area (Å²) >= 11 is 0. The van der Waals surface area contributed by atoms with E-state index in [4.69, 9.17) is 20.4 Å². The van der Waals surface area contributed by atoms with Crippen LogP contribution in [0.25, 0.3) is 39.5 Å². The van der Waals surface area contributed by atoms with Crippen molar-refractivity contribution in [1.29, 1.82) is 0 Å². The molecule has 9 rings (SSSR count). The van der Waals surface area contributed by atoms with Crippen molar-refractivity contribution in [2.45, 2.75) is 83.0 Å². The predicted molar refractivity (Wildman–Crippen MR) is 202 cm³/mol. The average Bonchev–Trinajstić information content (AvgIpc) is 3.55. The molecule has 11 nitrogen and oxygen atoms in total. The molecule has 1 saturated carbocycles. The number of ether oxygens (including phenoxy) is 1. The van der Waals surface area contributed by atoms with E-state index in [9.17, 15) is 9.59 Å². The molecule has 2 amide bonds. The lowest BCUT2D eigenvalue weighted by Crippen LogP contribution is -2.69. The predicted octanol–water partition coefficient (Wildman–Crippen LogP) is 6.92. The Balaban J connectivity index is 1.15. The zero-order valence-electron chi connectivity index (χ0n) is 30.5. The molecule has 0 radical (unpaired) electrons. The number of rotatable bonds is 5. The van der Waals surface area contributed by atoms with Gasteiger partial charge in [-0.15, -0.1) is 0 Å². The minimum Gasteiger partial charge on any atom is -0.414 e. The van der Waals surface area contributed by atoms with Gasteiger partial charge in [-0.2, -0.15) is 9.28 Å². The van der Waals surface area contributed by atoms with Gasteiger partial charge in [0.2, 0.25) is 11.9 Å². The van der Waals surface area contributed by atoms with Gasteiger partial charge in [-0.3, -0.25) is 9.36 Å². The Morgan fingerprint density at radius 3 is 2.62 bits per heavy atom. The van der Waals surface area contributed by atoms with Crippen molar-refractivity contribution in [3.63, 3.8) is 0 Å². The maximum atomic E-state index is 14.0. The van der Waals surface area contributed by atoms with Crippen molar-refractivity contribution in [3.05, 3.63) is 84.2 Å². The van der Waals surface area contributed by atoms with Gasteiger partial charge in [-0.05, 0) is 88.6 Å². The number of hydrogen-bond acceptors (Lipinski definition) is 8. The zero-order chi connectivity index (χ0) is 36.2. The third kappa shape index (κ3) is 4.64. The maximum Gasteiger partial charge on any atom is 0.523 e. The second-order valence-electron chi connectivity index (χ2n) is 15.9. The van der Waals surface area contributed by atoms with Gasteiger partial charge in [-0.25, -0.2) is 15.0 Å². The van der Waals surface area contributed by atoms with Gasteiger partial charge in [0.25, 0.3) is 0 Å². The summed E-state index contributed by atoms with van der Waals surface area (Å²) in [6, 6.07) is 16.5. The molecule has 4 fully saturated rings. The number of piperidine rings is 1. The first-order chi connectivity index (χ1) is 24.9. The van der Waals surface area contributed by atoms with Gasteiger partial charge < -0.3 is 20.3 Å². The van der Waals surface area contributed by atoms with E-state index >= 15 is 0 Å². The first kappa shape index (κ1) is 32.6. The Morgan fingerprint density at radius 2 is 1.88 bits per heavy atom. The van der Waals surface area contributed by atoms with Crippen LogP contribution in [-0.2, 0) is 9.53 Å². The number of likely N-dealkylation sites (N-methyl/N-ethyl adjacent to an activating group) is 1. The Labute approximate surface area is 303 Å². The molecule has 2 N–H and O–H groups in total. The van der Waals surface area contributed by atoms with Crippen molar-refractivity contribution in [1.82, 2.24) is 24.4 Å². The first-order valence-electron chi connectivity index (χ1n) is 18.4. The zero-order valence-corrected chi connectivity index (χ0v) is 30.5. The summed E-state index contributed by atoms with van der Waals surface area (Å²) in [5.74, 6) is 1.11. The van der Waals surface area contributed by atoms with E-state index in [1.807, 2.05) is 57.0 Å². The van der Waals surface area contributed by atoms with E-state index in [1.165, 1.54) is 5.57 Å². The lowest BCUT2D eigenvalue weighted by molar-refractivity contribution is -0.815. The second-order valence-corrected chi connectivity index (χ2v) is 15.9. The molecule has 3 saturated heterocycles. The van der Waals surface area contributed by atoms with E-state index in [0.717, 1.165) is 79.0 Å². The Bertz CT molecular complexity index is 2270. The SMILES string of the molecule is CC(=O)N(C)C1CCCN(c2cccc(-c3ccc4nc(-c5cccnc5N)n(C5=CC=C6C7C(=C5)[N+]7(C(=O)OC(C)(C)C)C65CCC5)c4n3)c2)C1. The number of benzene rings is 1. The third-order valence-corrected chi connectivity index (χ3v) is 11.9. The molecule has 2 aliphatic carbocycles. The van der Waals surface area contributed by atoms with Crippen molar-refractivity contribution in [2.24, 2.45) is 0 Å². The van der Waals surface area contributed by atoms with Crippen LogP contribution in [0.4, 0.5) is 16.3 Å². The van der Waals surface area contributed by atoms with Crippen LogP contribution in [0.15, 0.2) is 84.2 Å². The molecule has 11 heteroatoms. The number of aromatic nitrogens is 4. The molecule has 3 unspecified atom stereocenters. The number of carbonyl (C=O) groups is 2. The monoisotopic (exact) mass is 697 g/mol. The summed E-state index contributed by atoms with van der Waals surface area (Å²) in [6.45, 7) is 9.16. The fourth-order valence-corrected chi connectivity index (χ4v) is 9.15. The van der Waals surface area contributed by atoms with Crippen molar-refractivity contribution in [2.75, 3.05) is 30.8 Å². The molecule has 52 heavy (non-hydrogen) atoms. The molecule has 3 aromatic heterocycles. The lowest BCUT2D eigenvalue weighted by atomic mass is 9.64. The van der Waals surface area contributed by atoms with Crippen LogP contribution >= 0.6 is 0 Å². The van der Waals surface area contributed by atoms with Crippen LogP contribution in [0, 0.1) is 0 Å². The molecule has 3 atom stereocenters. The van der Waals surface area contributed by atoms with Gasteiger partial charge in [0, 0.05) is 69.5 Å². The van der Waals surface area contributed by atoms with Gasteiger partial charge in [0.1, 0.15) is 22.5 Å². The lowest BCUT2D eigenvalue weighted by Gasteiger charge is -2.53. The molecular weight excluding hydrogens is 653 g/mol. The molecule has 3 aliphatic heterocycles. The fourth-order valence-electron chi connectivity index (χ4n) is 9.15. The highest BCUT2D eigenvalue weighted by atomic mass is 16.6. The van der Waals surface area contributed by atoms with E-state index in [1.54, 1.807) is 13.1 Å². The number of nitrogens with two attached hydrogens (primary N) is 1. The Morgan fingerprint density at radius 1 is 1.06 bits per heavy atom. The van der Waals surface area contributed by atoms with E-state index in [0.29, 0.717) is 22.9 Å². The van der Waals surface area contributed by atoms with Crippen LogP contribution in [0.2, 0.25) is 0 Å². The number of nitrogen functional groups attached to an aromatic ring is 1. The maximum absolute atomic E-state index is 14.0. The quantitative estimate of drug-likeness (QED) is 0.176. The molecular formula is C41H45N8O3+. The average molecular weight is 698 g/mol. The summed E-state index contributed by atoms with van der Waals surface area (Å²) in [6.07, 6.45) is 13.1. The number of carbonyl (C=O) groups excluding carboxylic acids is 2. The first-order valence-corrected chi connectivity index (χ1v) is 18.4. The van der Waals surface area contributed by atoms with Crippen molar-refractivity contribution in [3.8, 4) is 22.6 Å². The molecule has 4 aromatic rings. The molecule has 6 heterocycles. The smallest absolute Gasteiger partial charge is 0.414 e. The van der Waals surface area contributed by atoms with Gasteiger partial charge in [-0.1, -0.05) is 12.1 Å². The molecule has 1 spiro atoms. The molecule has 0 bridgehead atoms.